The molecular weight excluding hydrogens is 294 g/mol. The molecule has 1 aliphatic carbocycles. The number of fused-ring (bicyclic) bond motifs is 1. The fourth-order valence-corrected chi connectivity index (χ4v) is 4.30. The molecule has 0 bridgehead atoms. The van der Waals surface area contributed by atoms with Gasteiger partial charge in [0.1, 0.15) is 5.78 Å². The van der Waals surface area contributed by atoms with Gasteiger partial charge in [0.05, 0.1) is 5.69 Å². The van der Waals surface area contributed by atoms with E-state index in [-0.39, 0.29) is 5.41 Å². The third-order valence-corrected chi connectivity index (χ3v) is 5.70. The van der Waals surface area contributed by atoms with Crippen molar-refractivity contribution in [3.63, 3.8) is 0 Å². The van der Waals surface area contributed by atoms with Crippen LogP contribution in [0.2, 0.25) is 0 Å². The predicted molar refractivity (Wildman–Crippen MR) is 101 cm³/mol. The third-order valence-electron chi connectivity index (χ3n) is 5.70. The van der Waals surface area contributed by atoms with E-state index < -0.39 is 0 Å². The van der Waals surface area contributed by atoms with Crippen LogP contribution in [0.25, 0.3) is 0 Å². The maximum Gasteiger partial charge on any atom is 0.132 e. The van der Waals surface area contributed by atoms with Gasteiger partial charge >= 0.3 is 0 Å². The Morgan fingerprint density at radius 2 is 1.88 bits per heavy atom. The highest BCUT2D eigenvalue weighted by Crippen LogP contribution is 2.40. The second kappa shape index (κ2) is 6.82. The van der Waals surface area contributed by atoms with E-state index in [1.54, 1.807) is 0 Å². The summed E-state index contributed by atoms with van der Waals surface area (Å²) in [5.74, 6) is 1.68. The zero-order chi connectivity index (χ0) is 17.3. The van der Waals surface area contributed by atoms with Crippen molar-refractivity contribution >= 4 is 17.2 Å². The molecule has 2 nitrogen and oxygen atoms in total. The van der Waals surface area contributed by atoms with Crippen LogP contribution in [0.5, 0.6) is 0 Å². The van der Waals surface area contributed by atoms with Gasteiger partial charge in [0.15, 0.2) is 0 Å². The average Bonchev–Trinajstić information content (AvgIpc) is 2.55. The van der Waals surface area contributed by atoms with Crippen molar-refractivity contribution in [1.82, 2.24) is 0 Å². The van der Waals surface area contributed by atoms with Gasteiger partial charge in [-0.15, -0.1) is 0 Å². The summed E-state index contributed by atoms with van der Waals surface area (Å²) >= 11 is 0. The molecule has 1 unspecified atom stereocenters. The van der Waals surface area contributed by atoms with Gasteiger partial charge in [0, 0.05) is 29.9 Å². The Morgan fingerprint density at radius 1 is 1.17 bits per heavy atom. The molecule has 0 saturated heterocycles. The Labute approximate surface area is 146 Å². The standard InChI is InChI=1S/C22H31NO/c1-5-15-6-9-17-14-18(12-16-7-10-19(24)11-8-16)21(22(2,3)4)23-20(17)13-15/h6,9,13,16,18H,5,7-8,10-12,14H2,1-4H3. The van der Waals surface area contributed by atoms with Gasteiger partial charge in [0.25, 0.3) is 0 Å². The smallest absolute Gasteiger partial charge is 0.132 e. The molecule has 24 heavy (non-hydrogen) atoms. The molecule has 0 N–H and O–H groups in total. The number of aliphatic imine (C=N–C) groups is 1. The first kappa shape index (κ1) is 17.4. The molecule has 1 aromatic rings. The van der Waals surface area contributed by atoms with Gasteiger partial charge in [-0.1, -0.05) is 39.8 Å². The number of hydrogen-bond acceptors (Lipinski definition) is 2. The van der Waals surface area contributed by atoms with E-state index in [1.165, 1.54) is 28.9 Å². The number of benzene rings is 1. The Bertz CT molecular complexity index is 640. The van der Waals surface area contributed by atoms with Gasteiger partial charge in [-0.05, 0) is 55.2 Å². The molecule has 2 heteroatoms. The molecule has 130 valence electrons. The molecule has 2 aliphatic rings. The van der Waals surface area contributed by atoms with Gasteiger partial charge in [-0.2, -0.15) is 0 Å². The molecule has 1 heterocycles. The van der Waals surface area contributed by atoms with Gasteiger partial charge in [-0.25, -0.2) is 0 Å². The van der Waals surface area contributed by atoms with Gasteiger partial charge in [-0.3, -0.25) is 9.79 Å². The maximum absolute atomic E-state index is 11.5. The van der Waals surface area contributed by atoms with Crippen LogP contribution in [-0.2, 0) is 17.6 Å². The molecule has 0 amide bonds. The molecule has 1 aromatic carbocycles. The third kappa shape index (κ3) is 3.79. The SMILES string of the molecule is CCc1ccc2c(c1)N=C(C(C)(C)C)C(CC1CCC(=O)CC1)C2. The summed E-state index contributed by atoms with van der Waals surface area (Å²) in [7, 11) is 0. The molecular formula is C22H31NO. The predicted octanol–water partition coefficient (Wildman–Crippen LogP) is 5.69. The number of rotatable bonds is 3. The number of hydrogen-bond donors (Lipinski definition) is 0. The van der Waals surface area contributed by atoms with Crippen LogP contribution in [0.1, 0.15) is 70.9 Å². The van der Waals surface area contributed by atoms with Crippen molar-refractivity contribution in [3.8, 4) is 0 Å². The second-order valence-electron chi connectivity index (χ2n) is 8.68. The Kier molecular flexibility index (Phi) is 4.94. The average molecular weight is 325 g/mol. The summed E-state index contributed by atoms with van der Waals surface area (Å²) in [6.07, 6.45) is 7.10. The number of ketones is 1. The molecule has 1 aliphatic heterocycles. The van der Waals surface area contributed by atoms with Crippen LogP contribution >= 0.6 is 0 Å². The molecule has 1 saturated carbocycles. The summed E-state index contributed by atoms with van der Waals surface area (Å²) in [5, 5.41) is 0. The highest BCUT2D eigenvalue weighted by molar-refractivity contribution is 5.95. The van der Waals surface area contributed by atoms with Crippen LogP contribution in [0, 0.1) is 17.3 Å². The topological polar surface area (TPSA) is 29.4 Å². The highest BCUT2D eigenvalue weighted by Gasteiger charge is 2.33. The van der Waals surface area contributed by atoms with E-state index in [9.17, 15) is 4.79 Å². The number of nitrogens with zero attached hydrogens (tertiary/aromatic N) is 1. The van der Waals surface area contributed by atoms with Crippen molar-refractivity contribution in [1.29, 1.82) is 0 Å². The second-order valence-corrected chi connectivity index (χ2v) is 8.68. The zero-order valence-corrected chi connectivity index (χ0v) is 15.7. The largest absolute Gasteiger partial charge is 0.300 e. The number of carbonyl (C=O) groups is 1. The van der Waals surface area contributed by atoms with Crippen LogP contribution in [0.3, 0.4) is 0 Å². The Balaban J connectivity index is 1.85. The van der Waals surface area contributed by atoms with E-state index in [0.29, 0.717) is 17.6 Å². The first-order valence-corrected chi connectivity index (χ1v) is 9.59. The molecule has 0 radical (unpaired) electrons. The quantitative estimate of drug-likeness (QED) is 0.702. The first-order valence-electron chi connectivity index (χ1n) is 9.59. The minimum atomic E-state index is 0.106. The Hall–Kier alpha value is -1.44. The van der Waals surface area contributed by atoms with Gasteiger partial charge < -0.3 is 0 Å². The molecule has 1 fully saturated rings. The fourth-order valence-electron chi connectivity index (χ4n) is 4.30. The van der Waals surface area contributed by atoms with Crippen LogP contribution in [0.15, 0.2) is 23.2 Å². The van der Waals surface area contributed by atoms with E-state index in [1.807, 2.05) is 0 Å². The van der Waals surface area contributed by atoms with Crippen LogP contribution in [-0.4, -0.2) is 11.5 Å². The monoisotopic (exact) mass is 325 g/mol. The van der Waals surface area contributed by atoms with Crippen LogP contribution < -0.4 is 0 Å². The van der Waals surface area contributed by atoms with Crippen molar-refractivity contribution in [3.05, 3.63) is 29.3 Å². The van der Waals surface area contributed by atoms with Crippen LogP contribution in [0.4, 0.5) is 5.69 Å². The van der Waals surface area contributed by atoms with E-state index in [4.69, 9.17) is 4.99 Å². The highest BCUT2D eigenvalue weighted by atomic mass is 16.1. The lowest BCUT2D eigenvalue weighted by molar-refractivity contribution is -0.121. The van der Waals surface area contributed by atoms with E-state index >= 15 is 0 Å². The lowest BCUT2D eigenvalue weighted by Crippen LogP contribution is -2.34. The minimum Gasteiger partial charge on any atom is -0.300 e. The molecule has 1 atom stereocenters. The fraction of sp³-hybridized carbons (Fsp3) is 0.636. The van der Waals surface area contributed by atoms with Crippen molar-refractivity contribution < 1.29 is 4.79 Å². The summed E-state index contributed by atoms with van der Waals surface area (Å²) in [5.41, 5.74) is 5.43. The van der Waals surface area contributed by atoms with Crippen molar-refractivity contribution in [2.24, 2.45) is 22.2 Å². The van der Waals surface area contributed by atoms with Crippen molar-refractivity contribution in [2.45, 2.75) is 72.6 Å². The van der Waals surface area contributed by atoms with E-state index in [0.717, 1.165) is 38.5 Å². The summed E-state index contributed by atoms with van der Waals surface area (Å²) < 4.78 is 0. The lowest BCUT2D eigenvalue weighted by Gasteiger charge is -2.35. The maximum atomic E-state index is 11.5. The van der Waals surface area contributed by atoms with E-state index in [2.05, 4.69) is 45.9 Å². The molecule has 3 rings (SSSR count). The Morgan fingerprint density at radius 3 is 2.50 bits per heavy atom. The van der Waals surface area contributed by atoms with Gasteiger partial charge in [0.2, 0.25) is 0 Å². The van der Waals surface area contributed by atoms with Crippen molar-refractivity contribution in [2.75, 3.05) is 0 Å². The number of aryl methyl sites for hydroxylation is 1. The zero-order valence-electron chi connectivity index (χ0n) is 15.7. The number of carbonyl (C=O) groups excluding carboxylic acids is 1. The summed E-state index contributed by atoms with van der Waals surface area (Å²) in [4.78, 5) is 16.7. The number of Topliss-reactive ketones (excluding diaryl/α,β-unsaturated/α-hetero) is 1. The molecule has 0 spiro atoms. The summed E-state index contributed by atoms with van der Waals surface area (Å²) in [6.45, 7) is 9.07. The summed E-state index contributed by atoms with van der Waals surface area (Å²) in [6, 6.07) is 6.82. The first-order chi connectivity index (χ1) is 11.4. The normalized spacial score (nSPS) is 22.2. The lowest BCUT2D eigenvalue weighted by atomic mass is 9.72. The molecule has 0 aromatic heterocycles. The minimum absolute atomic E-state index is 0.106.